The summed E-state index contributed by atoms with van der Waals surface area (Å²) in [6, 6.07) is 7.03. The van der Waals surface area contributed by atoms with Crippen molar-refractivity contribution < 1.29 is 4.79 Å². The summed E-state index contributed by atoms with van der Waals surface area (Å²) in [5.74, 6) is 0.306. The van der Waals surface area contributed by atoms with E-state index in [1.165, 1.54) is 0 Å². The quantitative estimate of drug-likeness (QED) is 0.838. The van der Waals surface area contributed by atoms with Crippen LogP contribution >= 0.6 is 28.6 Å². The highest BCUT2D eigenvalue weighted by atomic mass is 79.9. The molecule has 1 N–H and O–H groups in total. The van der Waals surface area contributed by atoms with Crippen molar-refractivity contribution in [2.24, 2.45) is 7.05 Å². The first kappa shape index (κ1) is 12.2. The fraction of sp³-hybridized carbons (Fsp3) is 0.0909. The molecule has 17 heavy (non-hydrogen) atoms. The van der Waals surface area contributed by atoms with E-state index in [1.807, 2.05) is 6.07 Å². The first-order valence-corrected chi connectivity index (χ1v) is 6.10. The molecule has 0 unspecified atom stereocenters. The summed E-state index contributed by atoms with van der Waals surface area (Å²) in [6.45, 7) is 0. The van der Waals surface area contributed by atoms with Gasteiger partial charge in [-0.15, -0.1) is 12.6 Å². The van der Waals surface area contributed by atoms with Gasteiger partial charge in [0.1, 0.15) is 0 Å². The highest BCUT2D eigenvalue weighted by molar-refractivity contribution is 9.10. The lowest BCUT2D eigenvalue weighted by Gasteiger charge is -2.05. The lowest BCUT2D eigenvalue weighted by Crippen LogP contribution is -2.13. The number of rotatable bonds is 2. The third-order valence-electron chi connectivity index (χ3n) is 2.15. The van der Waals surface area contributed by atoms with Gasteiger partial charge in [0, 0.05) is 28.7 Å². The molecule has 0 spiro atoms. The number of hydrogen-bond acceptors (Lipinski definition) is 3. The van der Waals surface area contributed by atoms with Crippen molar-refractivity contribution in [3.05, 3.63) is 40.5 Å². The molecule has 0 saturated carbocycles. The van der Waals surface area contributed by atoms with Gasteiger partial charge in [-0.3, -0.25) is 9.48 Å². The Morgan fingerprint density at radius 1 is 1.47 bits per heavy atom. The number of nitrogens with zero attached hydrogens (tertiary/aromatic N) is 2. The molecule has 88 valence electrons. The average molecular weight is 312 g/mol. The molecular weight excluding hydrogens is 302 g/mol. The number of nitrogens with one attached hydrogen (secondary N) is 1. The Bertz CT molecular complexity index is 568. The number of hydrogen-bond donors (Lipinski definition) is 2. The molecule has 6 heteroatoms. The van der Waals surface area contributed by atoms with Crippen molar-refractivity contribution in [1.82, 2.24) is 9.78 Å². The molecule has 1 amide bonds. The van der Waals surface area contributed by atoms with E-state index in [-0.39, 0.29) is 5.91 Å². The van der Waals surface area contributed by atoms with Crippen LogP contribution in [0, 0.1) is 0 Å². The number of anilines is 1. The van der Waals surface area contributed by atoms with Crippen LogP contribution in [0.4, 0.5) is 5.82 Å². The topological polar surface area (TPSA) is 46.9 Å². The Kier molecular flexibility index (Phi) is 3.54. The second-order valence-corrected chi connectivity index (χ2v) is 4.86. The molecule has 0 bridgehead atoms. The van der Waals surface area contributed by atoms with Crippen molar-refractivity contribution in [2.45, 2.75) is 4.90 Å². The van der Waals surface area contributed by atoms with Gasteiger partial charge in [-0.25, -0.2) is 0 Å². The molecule has 2 aromatic rings. The zero-order chi connectivity index (χ0) is 12.4. The number of amides is 1. The van der Waals surface area contributed by atoms with Crippen molar-refractivity contribution >= 4 is 40.3 Å². The second-order valence-electron chi connectivity index (χ2n) is 3.49. The monoisotopic (exact) mass is 311 g/mol. The lowest BCUT2D eigenvalue weighted by atomic mass is 10.2. The lowest BCUT2D eigenvalue weighted by molar-refractivity contribution is 0.102. The molecule has 1 aromatic carbocycles. The van der Waals surface area contributed by atoms with Crippen molar-refractivity contribution in [3.63, 3.8) is 0 Å². The van der Waals surface area contributed by atoms with E-state index in [1.54, 1.807) is 36.1 Å². The van der Waals surface area contributed by atoms with Crippen molar-refractivity contribution in [2.75, 3.05) is 5.32 Å². The first-order chi connectivity index (χ1) is 8.06. The Morgan fingerprint density at radius 3 is 2.88 bits per heavy atom. The number of benzene rings is 1. The van der Waals surface area contributed by atoms with Crippen molar-refractivity contribution in [3.8, 4) is 0 Å². The maximum Gasteiger partial charge on any atom is 0.258 e. The highest BCUT2D eigenvalue weighted by Gasteiger charge is 2.11. The fourth-order valence-electron chi connectivity index (χ4n) is 1.35. The van der Waals surface area contributed by atoms with Crippen LogP contribution in [0.1, 0.15) is 10.4 Å². The van der Waals surface area contributed by atoms with Crippen LogP contribution in [0.25, 0.3) is 0 Å². The maximum absolute atomic E-state index is 12.0. The number of halogens is 1. The summed E-state index contributed by atoms with van der Waals surface area (Å²) >= 11 is 7.53. The summed E-state index contributed by atoms with van der Waals surface area (Å²) in [4.78, 5) is 12.7. The van der Waals surface area contributed by atoms with E-state index in [0.29, 0.717) is 11.4 Å². The Labute approximate surface area is 113 Å². The van der Waals surface area contributed by atoms with Crippen molar-refractivity contribution in [1.29, 1.82) is 0 Å². The van der Waals surface area contributed by atoms with Gasteiger partial charge in [-0.05, 0) is 34.1 Å². The molecule has 0 aliphatic heterocycles. The molecule has 4 nitrogen and oxygen atoms in total. The van der Waals surface area contributed by atoms with Gasteiger partial charge in [-0.1, -0.05) is 0 Å². The standard InChI is InChI=1S/C11H10BrN3OS/c1-15-5-4-10(14-15)13-11(16)8-6-7(17)2-3-9(8)12/h2-6,17H,1H3,(H,13,14,16). The minimum Gasteiger partial charge on any atom is -0.305 e. The predicted molar refractivity (Wildman–Crippen MR) is 72.6 cm³/mol. The first-order valence-electron chi connectivity index (χ1n) is 4.86. The zero-order valence-corrected chi connectivity index (χ0v) is 11.5. The molecule has 1 aromatic heterocycles. The van der Waals surface area contributed by atoms with E-state index >= 15 is 0 Å². The molecule has 0 radical (unpaired) electrons. The molecule has 0 saturated heterocycles. The minimum absolute atomic E-state index is 0.216. The van der Waals surface area contributed by atoms with Crippen LogP contribution in [0.15, 0.2) is 39.8 Å². The van der Waals surface area contributed by atoms with Gasteiger partial charge < -0.3 is 5.32 Å². The molecule has 0 aliphatic carbocycles. The molecular formula is C11H10BrN3OS. The van der Waals surface area contributed by atoms with E-state index in [9.17, 15) is 4.79 Å². The fourth-order valence-corrected chi connectivity index (χ4v) is 1.98. The summed E-state index contributed by atoms with van der Waals surface area (Å²) < 4.78 is 2.35. The number of carbonyl (C=O) groups excluding carboxylic acids is 1. The van der Waals surface area contributed by atoms with Crippen LogP contribution in [-0.2, 0) is 7.05 Å². The van der Waals surface area contributed by atoms with Crippen LogP contribution in [0.3, 0.4) is 0 Å². The van der Waals surface area contributed by atoms with Crippen LogP contribution in [-0.4, -0.2) is 15.7 Å². The molecule has 0 atom stereocenters. The van der Waals surface area contributed by atoms with Gasteiger partial charge in [0.25, 0.3) is 5.91 Å². The summed E-state index contributed by atoms with van der Waals surface area (Å²) in [5, 5.41) is 6.79. The van der Waals surface area contributed by atoms with Gasteiger partial charge >= 0.3 is 0 Å². The normalized spacial score (nSPS) is 10.3. The third-order valence-corrected chi connectivity index (χ3v) is 3.12. The van der Waals surface area contributed by atoms with E-state index < -0.39 is 0 Å². The molecule has 2 rings (SSSR count). The van der Waals surface area contributed by atoms with Crippen LogP contribution in [0.2, 0.25) is 0 Å². The van der Waals surface area contributed by atoms with E-state index in [2.05, 4.69) is 39.0 Å². The third kappa shape index (κ3) is 2.89. The van der Waals surface area contributed by atoms with Crippen LogP contribution < -0.4 is 5.32 Å². The average Bonchev–Trinajstić information content (AvgIpc) is 2.67. The maximum atomic E-state index is 12.0. The van der Waals surface area contributed by atoms with Crippen LogP contribution in [0.5, 0.6) is 0 Å². The number of thiol groups is 1. The highest BCUT2D eigenvalue weighted by Crippen LogP contribution is 2.21. The summed E-state index contributed by atoms with van der Waals surface area (Å²) in [5.41, 5.74) is 0.531. The van der Waals surface area contributed by atoms with Gasteiger partial charge in [0.2, 0.25) is 0 Å². The van der Waals surface area contributed by atoms with Gasteiger partial charge in [0.15, 0.2) is 5.82 Å². The van der Waals surface area contributed by atoms with Gasteiger partial charge in [0.05, 0.1) is 5.56 Å². The Hall–Kier alpha value is -1.27. The number of carbonyl (C=O) groups is 1. The minimum atomic E-state index is -0.216. The largest absolute Gasteiger partial charge is 0.305 e. The summed E-state index contributed by atoms with van der Waals surface area (Å²) in [6.07, 6.45) is 1.76. The van der Waals surface area contributed by atoms with E-state index in [4.69, 9.17) is 0 Å². The Balaban J connectivity index is 2.22. The molecule has 0 aliphatic rings. The number of aromatic nitrogens is 2. The predicted octanol–water partition coefficient (Wildman–Crippen LogP) is 2.72. The molecule has 1 heterocycles. The zero-order valence-electron chi connectivity index (χ0n) is 9.01. The smallest absolute Gasteiger partial charge is 0.258 e. The van der Waals surface area contributed by atoms with E-state index in [0.717, 1.165) is 9.37 Å². The second kappa shape index (κ2) is 4.93. The Morgan fingerprint density at radius 2 is 2.24 bits per heavy atom. The molecule has 0 fully saturated rings. The summed E-state index contributed by atoms with van der Waals surface area (Å²) in [7, 11) is 1.79. The SMILES string of the molecule is Cn1ccc(NC(=O)c2cc(S)ccc2Br)n1. The van der Waals surface area contributed by atoms with Gasteiger partial charge in [-0.2, -0.15) is 5.10 Å². The number of aryl methyl sites for hydroxylation is 1.